The molecule has 0 saturated heterocycles. The van der Waals surface area contributed by atoms with Gasteiger partial charge in [0.05, 0.1) is 32.2 Å². The molecule has 0 bridgehead atoms. The zero-order chi connectivity index (χ0) is 58.3. The lowest BCUT2D eigenvalue weighted by Crippen LogP contribution is -2.60. The van der Waals surface area contributed by atoms with E-state index in [0.717, 1.165) is 10.9 Å². The standard InChI is InChI=1S/C50H73N17O11S/c1-25(2)13-34(46(74)63-33(43(53)71)11-12-79-6)64-47(75)36(15-29-20-54-23-58-29)62-41(70)22-57-50(78)42(26(3)4)67-44(72)27(5)60-45(73)35(14-28-19-56-32-10-8-7-9-31(28)32)65-48(76)37(16-30-21-55-24-59-30)66-49(77)38(17-39(52)68)61-40(69)18-51/h7-10,19-21,23-27,33-38,42,56H,11-18,22,51H2,1-6H3,(H2,52,68)(H2,53,71)(H,54,58)(H,55,59)(H,57,78)(H,60,73)(H,61,69)(H,62,70)(H,63,74)(H,64,75)(H,65,76)(H,66,77)(H,67,72)/t27-,33+,34-,35+,36-,37+,38-,42-/m0/s1. The van der Waals surface area contributed by atoms with Gasteiger partial charge in [-0.3, -0.25) is 52.7 Å². The number of benzene rings is 1. The number of nitrogens with two attached hydrogens (primary N) is 3. The number of nitrogens with one attached hydrogen (secondary N) is 12. The SMILES string of the molecule is CSCC[C@@H](NC(=O)[C@H](CC(C)C)NC(=O)[C@H](Cc1cnc[nH]1)NC(=O)CNC(=O)[C@@H](NC(=O)[C@H](C)NC(=O)[C@@H](Cc1c[nH]c2ccccc12)NC(=O)[C@@H](Cc1cnc[nH]1)NC(=O)[C@H](CC(N)=O)NC(=O)CN)C(C)C)C(N)=O. The summed E-state index contributed by atoms with van der Waals surface area (Å²) in [5.41, 5.74) is 18.5. The molecule has 8 atom stereocenters. The molecule has 18 N–H and O–H groups in total. The monoisotopic (exact) mass is 1120 g/mol. The molecule has 1 aromatic carbocycles. The highest BCUT2D eigenvalue weighted by molar-refractivity contribution is 7.98. The molecule has 79 heavy (non-hydrogen) atoms. The number of rotatable bonds is 33. The van der Waals surface area contributed by atoms with Crippen LogP contribution in [0.1, 0.15) is 70.8 Å². The number of imidazole rings is 2. The smallest absolute Gasteiger partial charge is 0.243 e. The summed E-state index contributed by atoms with van der Waals surface area (Å²) in [5.74, 6) is -9.07. The van der Waals surface area contributed by atoms with Crippen LogP contribution in [0.3, 0.4) is 0 Å². The van der Waals surface area contributed by atoms with Gasteiger partial charge in [-0.1, -0.05) is 45.9 Å². The van der Waals surface area contributed by atoms with Gasteiger partial charge in [0.1, 0.15) is 48.3 Å². The van der Waals surface area contributed by atoms with E-state index in [1.807, 2.05) is 20.1 Å². The summed E-state index contributed by atoms with van der Waals surface area (Å²) in [6.45, 7) is 7.10. The van der Waals surface area contributed by atoms with Gasteiger partial charge in [0, 0.05) is 60.1 Å². The number of fused-ring (bicyclic) bond motifs is 1. The van der Waals surface area contributed by atoms with Crippen LogP contribution in [-0.2, 0) is 72.0 Å². The highest BCUT2D eigenvalue weighted by Crippen LogP contribution is 2.20. The molecule has 0 aliphatic heterocycles. The third kappa shape index (κ3) is 20.5. The second-order valence-corrected chi connectivity index (χ2v) is 20.5. The number of primary amides is 2. The molecule has 4 aromatic rings. The normalized spacial score (nSPS) is 14.2. The number of H-pyrrole nitrogens is 3. The summed E-state index contributed by atoms with van der Waals surface area (Å²) in [6, 6.07) is -3.17. The number of hydrogen-bond donors (Lipinski definition) is 15. The number of carbonyl (C=O) groups is 11. The quantitative estimate of drug-likeness (QED) is 0.0220. The summed E-state index contributed by atoms with van der Waals surface area (Å²) < 4.78 is 0. The number of carbonyl (C=O) groups excluding carboxylic acids is 11. The van der Waals surface area contributed by atoms with E-state index in [4.69, 9.17) is 17.2 Å². The first kappa shape index (κ1) is 63.2. The lowest BCUT2D eigenvalue weighted by molar-refractivity contribution is -0.135. The molecule has 3 heterocycles. The Labute approximate surface area is 459 Å². The topological polar surface area (TPSA) is 447 Å². The summed E-state index contributed by atoms with van der Waals surface area (Å²) in [4.78, 5) is 163. The van der Waals surface area contributed by atoms with Crippen molar-refractivity contribution in [2.45, 2.75) is 121 Å². The summed E-state index contributed by atoms with van der Waals surface area (Å²) in [6.07, 6.45) is 8.42. The van der Waals surface area contributed by atoms with Gasteiger partial charge in [-0.15, -0.1) is 0 Å². The minimum Gasteiger partial charge on any atom is -0.370 e. The maximum atomic E-state index is 14.3. The first-order valence-electron chi connectivity index (χ1n) is 25.4. The van der Waals surface area contributed by atoms with Crippen LogP contribution in [0.15, 0.2) is 55.5 Å². The van der Waals surface area contributed by atoms with Crippen molar-refractivity contribution in [3.8, 4) is 0 Å². The highest BCUT2D eigenvalue weighted by Gasteiger charge is 2.35. The van der Waals surface area contributed by atoms with E-state index in [0.29, 0.717) is 22.7 Å². The average molecular weight is 1120 g/mol. The van der Waals surface area contributed by atoms with E-state index in [1.165, 1.54) is 43.7 Å². The Morgan fingerprint density at radius 3 is 1.67 bits per heavy atom. The Balaban J connectivity index is 1.48. The largest absolute Gasteiger partial charge is 0.370 e. The van der Waals surface area contributed by atoms with Crippen LogP contribution >= 0.6 is 11.8 Å². The van der Waals surface area contributed by atoms with Crippen LogP contribution in [0, 0.1) is 11.8 Å². The van der Waals surface area contributed by atoms with Crippen LogP contribution in [0.4, 0.5) is 0 Å². The average Bonchev–Trinajstić information content (AvgIpc) is 4.22. The second kappa shape index (κ2) is 31.2. The van der Waals surface area contributed by atoms with Crippen molar-refractivity contribution in [3.63, 3.8) is 0 Å². The molecule has 4 rings (SSSR count). The second-order valence-electron chi connectivity index (χ2n) is 19.5. The lowest BCUT2D eigenvalue weighted by Gasteiger charge is -2.27. The predicted molar refractivity (Wildman–Crippen MR) is 290 cm³/mol. The fraction of sp³-hybridized carbons (Fsp3) is 0.500. The molecule has 430 valence electrons. The molecule has 11 amide bonds. The highest BCUT2D eigenvalue weighted by atomic mass is 32.2. The summed E-state index contributed by atoms with van der Waals surface area (Å²) in [7, 11) is 0. The zero-order valence-electron chi connectivity index (χ0n) is 44.9. The minimum absolute atomic E-state index is 0.0865. The van der Waals surface area contributed by atoms with E-state index in [1.54, 1.807) is 44.3 Å². The van der Waals surface area contributed by atoms with E-state index in [-0.39, 0.29) is 38.0 Å². The Hall–Kier alpha value is -8.34. The molecule has 28 nitrogen and oxygen atoms in total. The van der Waals surface area contributed by atoms with E-state index >= 15 is 0 Å². The van der Waals surface area contributed by atoms with Gasteiger partial charge in [0.15, 0.2) is 0 Å². The Kier molecular flexibility index (Phi) is 24.9. The van der Waals surface area contributed by atoms with Crippen molar-refractivity contribution in [1.82, 2.24) is 72.8 Å². The molecule has 0 unspecified atom stereocenters. The van der Waals surface area contributed by atoms with Gasteiger partial charge in [0.25, 0.3) is 0 Å². The number of aromatic nitrogens is 5. The molecular weight excluding hydrogens is 1050 g/mol. The molecule has 0 radical (unpaired) electrons. The van der Waals surface area contributed by atoms with Gasteiger partial charge in [-0.05, 0) is 55.2 Å². The summed E-state index contributed by atoms with van der Waals surface area (Å²) in [5, 5.41) is 23.8. The van der Waals surface area contributed by atoms with E-state index < -0.39 is 139 Å². The van der Waals surface area contributed by atoms with E-state index in [9.17, 15) is 52.7 Å². The fourth-order valence-corrected chi connectivity index (χ4v) is 8.54. The number of aromatic amines is 3. The summed E-state index contributed by atoms with van der Waals surface area (Å²) >= 11 is 1.46. The third-order valence-corrected chi connectivity index (χ3v) is 12.9. The van der Waals surface area contributed by atoms with Crippen molar-refractivity contribution in [3.05, 3.63) is 72.5 Å². The van der Waals surface area contributed by atoms with Gasteiger partial charge < -0.3 is 80.0 Å². The maximum absolute atomic E-state index is 14.3. The first-order valence-corrected chi connectivity index (χ1v) is 26.8. The van der Waals surface area contributed by atoms with E-state index in [2.05, 4.69) is 72.8 Å². The van der Waals surface area contributed by atoms with Crippen molar-refractivity contribution >= 4 is 87.6 Å². The van der Waals surface area contributed by atoms with Gasteiger partial charge in [0.2, 0.25) is 65.0 Å². The molecule has 0 aliphatic carbocycles. The fourth-order valence-electron chi connectivity index (χ4n) is 8.07. The molecule has 0 saturated carbocycles. The number of para-hydroxylation sites is 1. The van der Waals surface area contributed by atoms with Crippen molar-refractivity contribution < 1.29 is 52.7 Å². The van der Waals surface area contributed by atoms with Crippen LogP contribution in [0.2, 0.25) is 0 Å². The molecular formula is C50H73N17O11S. The van der Waals surface area contributed by atoms with Crippen molar-refractivity contribution in [1.29, 1.82) is 0 Å². The van der Waals surface area contributed by atoms with Crippen LogP contribution in [0.5, 0.6) is 0 Å². The van der Waals surface area contributed by atoms with Crippen molar-refractivity contribution in [2.24, 2.45) is 29.0 Å². The van der Waals surface area contributed by atoms with Gasteiger partial charge in [-0.25, -0.2) is 9.97 Å². The molecule has 0 aliphatic rings. The Bertz CT molecular complexity index is 2730. The molecule has 3 aromatic heterocycles. The first-order chi connectivity index (χ1) is 37.5. The number of thioether (sulfide) groups is 1. The molecule has 0 spiro atoms. The van der Waals surface area contributed by atoms with Gasteiger partial charge >= 0.3 is 0 Å². The predicted octanol–water partition coefficient (Wildman–Crippen LogP) is -3.57. The van der Waals surface area contributed by atoms with Crippen molar-refractivity contribution in [2.75, 3.05) is 25.1 Å². The molecule has 0 fully saturated rings. The third-order valence-electron chi connectivity index (χ3n) is 12.2. The zero-order valence-corrected chi connectivity index (χ0v) is 45.7. The van der Waals surface area contributed by atoms with Gasteiger partial charge in [-0.2, -0.15) is 11.8 Å². The maximum Gasteiger partial charge on any atom is 0.243 e. The molecule has 29 heteroatoms. The van der Waals surface area contributed by atoms with Crippen LogP contribution in [-0.4, -0.2) is 163 Å². The number of nitrogens with zero attached hydrogens (tertiary/aromatic N) is 2. The number of amides is 11. The Morgan fingerprint density at radius 2 is 1.13 bits per heavy atom. The lowest BCUT2D eigenvalue weighted by atomic mass is 10.0. The van der Waals surface area contributed by atoms with Crippen LogP contribution < -0.4 is 65.1 Å². The number of hydrogen-bond acceptors (Lipinski definition) is 15. The Morgan fingerprint density at radius 1 is 0.595 bits per heavy atom. The minimum atomic E-state index is -1.51. The van der Waals surface area contributed by atoms with Crippen LogP contribution in [0.25, 0.3) is 10.9 Å².